The lowest BCUT2D eigenvalue weighted by Gasteiger charge is -2.11. The third-order valence-corrected chi connectivity index (χ3v) is 3.79. The van der Waals surface area contributed by atoms with Gasteiger partial charge in [-0.3, -0.25) is 9.36 Å². The van der Waals surface area contributed by atoms with E-state index in [1.807, 2.05) is 26.0 Å². The number of aromatic nitrogens is 3. The van der Waals surface area contributed by atoms with E-state index in [2.05, 4.69) is 10.2 Å². The Morgan fingerprint density at radius 3 is 2.86 bits per heavy atom. The number of carbonyl (C=O) groups is 1. The molecule has 0 fully saturated rings. The number of hydrogen-bond acceptors (Lipinski definition) is 5. The van der Waals surface area contributed by atoms with Crippen LogP contribution in [-0.4, -0.2) is 37.7 Å². The summed E-state index contributed by atoms with van der Waals surface area (Å²) >= 11 is 7.14. The van der Waals surface area contributed by atoms with Crippen LogP contribution in [0.5, 0.6) is 0 Å². The molecular formula is C14H16ClN3O3S. The molecule has 1 heterocycles. The van der Waals surface area contributed by atoms with Gasteiger partial charge in [-0.25, -0.2) is 0 Å². The van der Waals surface area contributed by atoms with Crippen LogP contribution in [0.25, 0.3) is 5.69 Å². The maximum Gasteiger partial charge on any atom is 0.313 e. The monoisotopic (exact) mass is 341 g/mol. The predicted octanol–water partition coefficient (Wildman–Crippen LogP) is 3.02. The fourth-order valence-electron chi connectivity index (χ4n) is 1.73. The Balaban J connectivity index is 2.36. The molecule has 2 rings (SSSR count). The molecule has 8 heteroatoms. The number of carboxylic acid groups (broad SMARTS) is 1. The van der Waals surface area contributed by atoms with Crippen molar-refractivity contribution in [2.45, 2.75) is 31.7 Å². The first kappa shape index (κ1) is 16.8. The van der Waals surface area contributed by atoms with Gasteiger partial charge in [0.25, 0.3) is 0 Å². The first-order chi connectivity index (χ1) is 10.5. The number of rotatable bonds is 7. The summed E-state index contributed by atoms with van der Waals surface area (Å²) in [5.74, 6) is -0.404. The lowest BCUT2D eigenvalue weighted by atomic mass is 10.3. The van der Waals surface area contributed by atoms with Crippen LogP contribution in [0.2, 0.25) is 5.02 Å². The maximum atomic E-state index is 10.8. The first-order valence-corrected chi connectivity index (χ1v) is 8.00. The fourth-order valence-corrected chi connectivity index (χ4v) is 2.60. The highest BCUT2D eigenvalue weighted by atomic mass is 35.5. The molecule has 1 aromatic carbocycles. The smallest absolute Gasteiger partial charge is 0.313 e. The van der Waals surface area contributed by atoms with E-state index in [4.69, 9.17) is 21.4 Å². The van der Waals surface area contributed by atoms with Crippen LogP contribution < -0.4 is 0 Å². The Morgan fingerprint density at radius 1 is 1.45 bits per heavy atom. The summed E-state index contributed by atoms with van der Waals surface area (Å²) in [6.07, 6.45) is 0.0552. The van der Waals surface area contributed by atoms with Crippen LogP contribution in [0.3, 0.4) is 0 Å². The van der Waals surface area contributed by atoms with Crippen molar-refractivity contribution in [1.29, 1.82) is 0 Å². The Morgan fingerprint density at radius 2 is 2.23 bits per heavy atom. The molecule has 0 aliphatic rings. The lowest BCUT2D eigenvalue weighted by Crippen LogP contribution is -2.09. The summed E-state index contributed by atoms with van der Waals surface area (Å²) in [4.78, 5) is 10.8. The van der Waals surface area contributed by atoms with Crippen molar-refractivity contribution in [1.82, 2.24) is 14.8 Å². The second kappa shape index (κ2) is 7.62. The van der Waals surface area contributed by atoms with E-state index in [-0.39, 0.29) is 18.5 Å². The molecule has 6 nitrogen and oxygen atoms in total. The van der Waals surface area contributed by atoms with Crippen LogP contribution in [0, 0.1) is 0 Å². The van der Waals surface area contributed by atoms with Gasteiger partial charge in [-0.05, 0) is 32.0 Å². The zero-order valence-electron chi connectivity index (χ0n) is 12.2. The van der Waals surface area contributed by atoms with Crippen LogP contribution in [0.15, 0.2) is 29.4 Å². The first-order valence-electron chi connectivity index (χ1n) is 6.64. The fraction of sp³-hybridized carbons (Fsp3) is 0.357. The molecule has 0 saturated heterocycles. The summed E-state index contributed by atoms with van der Waals surface area (Å²) in [7, 11) is 0. The standard InChI is InChI=1S/C14H16ClN3O3S/c1-9(2)21-7-12-16-17-14(22-8-13(19)20)18(12)11-5-3-4-10(15)6-11/h3-6,9H,7-8H2,1-2H3,(H,19,20). The minimum atomic E-state index is -0.911. The number of carboxylic acids is 1. The molecule has 0 radical (unpaired) electrons. The molecule has 22 heavy (non-hydrogen) atoms. The second-order valence-corrected chi connectivity index (χ2v) is 6.14. The summed E-state index contributed by atoms with van der Waals surface area (Å²) in [5.41, 5.74) is 0.771. The van der Waals surface area contributed by atoms with Gasteiger partial charge in [0.1, 0.15) is 6.61 Å². The van der Waals surface area contributed by atoms with E-state index >= 15 is 0 Å². The molecule has 0 amide bonds. The van der Waals surface area contributed by atoms with Crippen molar-refractivity contribution in [3.05, 3.63) is 35.1 Å². The van der Waals surface area contributed by atoms with Crippen LogP contribution in [-0.2, 0) is 16.1 Å². The molecule has 118 valence electrons. The number of ether oxygens (including phenoxy) is 1. The molecule has 0 unspecified atom stereocenters. The second-order valence-electron chi connectivity index (χ2n) is 4.76. The number of aliphatic carboxylic acids is 1. The maximum absolute atomic E-state index is 10.8. The largest absolute Gasteiger partial charge is 0.481 e. The van der Waals surface area contributed by atoms with Gasteiger partial charge in [0, 0.05) is 5.02 Å². The van der Waals surface area contributed by atoms with Gasteiger partial charge < -0.3 is 9.84 Å². The lowest BCUT2D eigenvalue weighted by molar-refractivity contribution is -0.133. The van der Waals surface area contributed by atoms with Crippen molar-refractivity contribution in [3.8, 4) is 5.69 Å². The van der Waals surface area contributed by atoms with Gasteiger partial charge in [-0.1, -0.05) is 29.4 Å². The summed E-state index contributed by atoms with van der Waals surface area (Å²) < 4.78 is 7.34. The molecule has 0 saturated carbocycles. The van der Waals surface area contributed by atoms with E-state index in [1.54, 1.807) is 16.7 Å². The Hall–Kier alpha value is -1.57. The minimum absolute atomic E-state index is 0.0552. The van der Waals surface area contributed by atoms with Gasteiger partial charge >= 0.3 is 5.97 Å². The quantitative estimate of drug-likeness (QED) is 0.780. The minimum Gasteiger partial charge on any atom is -0.481 e. The average Bonchev–Trinajstić information content (AvgIpc) is 2.85. The molecule has 0 aliphatic carbocycles. The number of benzene rings is 1. The SMILES string of the molecule is CC(C)OCc1nnc(SCC(=O)O)n1-c1cccc(Cl)c1. The molecule has 1 N–H and O–H groups in total. The van der Waals surface area contributed by atoms with Crippen LogP contribution in [0.4, 0.5) is 0 Å². The van der Waals surface area contributed by atoms with Crippen LogP contribution in [0.1, 0.15) is 19.7 Å². The summed E-state index contributed by atoms with van der Waals surface area (Å²) in [6.45, 7) is 4.14. The Kier molecular flexibility index (Phi) is 5.82. The highest BCUT2D eigenvalue weighted by Crippen LogP contribution is 2.24. The van der Waals surface area contributed by atoms with Gasteiger partial charge in [0.05, 0.1) is 17.5 Å². The third kappa shape index (κ3) is 4.46. The van der Waals surface area contributed by atoms with E-state index in [0.29, 0.717) is 16.0 Å². The molecule has 0 atom stereocenters. The van der Waals surface area contributed by atoms with Crippen molar-refractivity contribution < 1.29 is 14.6 Å². The van der Waals surface area contributed by atoms with Crippen molar-refractivity contribution in [2.24, 2.45) is 0 Å². The zero-order chi connectivity index (χ0) is 16.1. The highest BCUT2D eigenvalue weighted by molar-refractivity contribution is 7.99. The molecular weight excluding hydrogens is 326 g/mol. The normalized spacial score (nSPS) is 11.1. The third-order valence-electron chi connectivity index (χ3n) is 2.64. The Bertz CT molecular complexity index is 661. The number of halogens is 1. The van der Waals surface area contributed by atoms with E-state index < -0.39 is 5.97 Å². The highest BCUT2D eigenvalue weighted by Gasteiger charge is 2.16. The van der Waals surface area contributed by atoms with E-state index in [0.717, 1.165) is 17.4 Å². The predicted molar refractivity (Wildman–Crippen MR) is 84.7 cm³/mol. The van der Waals surface area contributed by atoms with Gasteiger partial charge in [0.2, 0.25) is 0 Å². The van der Waals surface area contributed by atoms with E-state index in [9.17, 15) is 4.79 Å². The molecule has 0 bridgehead atoms. The van der Waals surface area contributed by atoms with E-state index in [1.165, 1.54) is 0 Å². The molecule has 2 aromatic rings. The van der Waals surface area contributed by atoms with Gasteiger partial charge in [-0.15, -0.1) is 10.2 Å². The number of hydrogen-bond donors (Lipinski definition) is 1. The van der Waals surface area contributed by atoms with Crippen molar-refractivity contribution in [2.75, 3.05) is 5.75 Å². The van der Waals surface area contributed by atoms with Crippen molar-refractivity contribution >= 4 is 29.3 Å². The summed E-state index contributed by atoms with van der Waals surface area (Å²) in [5, 5.41) is 18.1. The molecule has 0 spiro atoms. The topological polar surface area (TPSA) is 77.2 Å². The average molecular weight is 342 g/mol. The molecule has 1 aromatic heterocycles. The Labute approximate surface area is 137 Å². The number of nitrogens with zero attached hydrogens (tertiary/aromatic N) is 3. The zero-order valence-corrected chi connectivity index (χ0v) is 13.8. The van der Waals surface area contributed by atoms with Crippen molar-refractivity contribution in [3.63, 3.8) is 0 Å². The van der Waals surface area contributed by atoms with Crippen LogP contribution >= 0.6 is 23.4 Å². The number of thioether (sulfide) groups is 1. The van der Waals surface area contributed by atoms with Gasteiger partial charge in [0.15, 0.2) is 11.0 Å². The van der Waals surface area contributed by atoms with Gasteiger partial charge in [-0.2, -0.15) is 0 Å². The molecule has 0 aliphatic heterocycles. The summed E-state index contributed by atoms with van der Waals surface area (Å²) in [6, 6.07) is 7.22.